The summed E-state index contributed by atoms with van der Waals surface area (Å²) < 4.78 is 0. The molecule has 0 aliphatic carbocycles. The fourth-order valence-corrected chi connectivity index (χ4v) is 1.93. The summed E-state index contributed by atoms with van der Waals surface area (Å²) in [6.07, 6.45) is 0.763. The van der Waals surface area contributed by atoms with E-state index in [-0.39, 0.29) is 6.42 Å². The Labute approximate surface area is 118 Å². The van der Waals surface area contributed by atoms with Crippen LogP contribution < -0.4 is 0 Å². The highest BCUT2D eigenvalue weighted by Crippen LogP contribution is 2.37. The van der Waals surface area contributed by atoms with E-state index < -0.39 is 40.9 Å². The van der Waals surface area contributed by atoms with Gasteiger partial charge in [-0.1, -0.05) is 6.08 Å². The summed E-state index contributed by atoms with van der Waals surface area (Å²) in [6, 6.07) is 0. The average molecular weight is 288 g/mol. The molecule has 4 N–H and O–H groups in total. The Balaban J connectivity index is 5.19. The molecule has 0 bridgehead atoms. The number of aliphatic carboxylic acids is 2. The fourth-order valence-electron chi connectivity index (χ4n) is 1.93. The molecule has 0 aliphatic rings. The molecule has 0 aromatic carbocycles. The molecule has 0 saturated carbocycles. The molecule has 0 radical (unpaired) electrons. The maximum atomic E-state index is 11.1. The summed E-state index contributed by atoms with van der Waals surface area (Å²) in [7, 11) is 0. The van der Waals surface area contributed by atoms with E-state index >= 15 is 0 Å². The lowest BCUT2D eigenvalue weighted by atomic mass is 9.74. The Kier molecular flexibility index (Phi) is 5.51. The smallest absolute Gasteiger partial charge is 0.309 e. The van der Waals surface area contributed by atoms with Gasteiger partial charge >= 0.3 is 11.9 Å². The molecule has 0 aromatic heterocycles. The number of carboxylic acids is 2. The molecular weight excluding hydrogens is 264 g/mol. The molecule has 1 atom stereocenters. The zero-order valence-electron chi connectivity index (χ0n) is 12.4. The van der Waals surface area contributed by atoms with E-state index in [0.717, 1.165) is 0 Å². The molecule has 0 heterocycles. The molecule has 20 heavy (non-hydrogen) atoms. The van der Waals surface area contributed by atoms with E-state index in [0.29, 0.717) is 0 Å². The van der Waals surface area contributed by atoms with Gasteiger partial charge in [0.1, 0.15) is 0 Å². The van der Waals surface area contributed by atoms with Crippen molar-refractivity contribution in [2.24, 2.45) is 16.7 Å². The molecule has 6 heteroatoms. The van der Waals surface area contributed by atoms with Gasteiger partial charge < -0.3 is 20.4 Å². The molecule has 0 saturated heterocycles. The van der Waals surface area contributed by atoms with E-state index in [1.165, 1.54) is 33.8 Å². The maximum absolute atomic E-state index is 11.1. The molecule has 116 valence electrons. The van der Waals surface area contributed by atoms with Crippen LogP contribution in [0.25, 0.3) is 0 Å². The van der Waals surface area contributed by atoms with Crippen molar-refractivity contribution in [3.63, 3.8) is 0 Å². The Morgan fingerprint density at radius 2 is 1.45 bits per heavy atom. The minimum atomic E-state index is -2.34. The van der Waals surface area contributed by atoms with Gasteiger partial charge in [0.25, 0.3) is 0 Å². The van der Waals surface area contributed by atoms with Crippen LogP contribution >= 0.6 is 0 Å². The van der Waals surface area contributed by atoms with Crippen LogP contribution in [0.3, 0.4) is 0 Å². The second-order valence-corrected chi connectivity index (χ2v) is 6.48. The van der Waals surface area contributed by atoms with Gasteiger partial charge in [-0.15, -0.1) is 6.58 Å². The minimum absolute atomic E-state index is 0.0610. The lowest BCUT2D eigenvalue weighted by Crippen LogP contribution is -2.45. The van der Waals surface area contributed by atoms with E-state index in [9.17, 15) is 19.8 Å². The van der Waals surface area contributed by atoms with Gasteiger partial charge in [0, 0.05) is 12.3 Å². The van der Waals surface area contributed by atoms with Crippen molar-refractivity contribution in [3.8, 4) is 0 Å². The summed E-state index contributed by atoms with van der Waals surface area (Å²) in [6.45, 7) is 9.16. The van der Waals surface area contributed by atoms with E-state index in [4.69, 9.17) is 10.2 Å². The maximum Gasteiger partial charge on any atom is 0.309 e. The predicted octanol–water partition coefficient (Wildman–Crippen LogP) is 1.47. The Bertz CT molecular complexity index is 394. The van der Waals surface area contributed by atoms with Crippen LogP contribution in [0.1, 0.15) is 40.5 Å². The number of aliphatic hydroxyl groups is 2. The van der Waals surface area contributed by atoms with Crippen LogP contribution in [0.15, 0.2) is 12.7 Å². The molecule has 0 aliphatic heterocycles. The molecule has 0 rings (SSSR count). The van der Waals surface area contributed by atoms with Crippen LogP contribution in [-0.4, -0.2) is 38.2 Å². The molecule has 0 amide bonds. The largest absolute Gasteiger partial charge is 0.481 e. The standard InChI is InChI=1S/C14H24O6/c1-6-9(7-12(2,3)10(15)16)14(19,20)8-13(4,5)11(17)18/h6,9,19-20H,1,7-8H2,2-5H3,(H,15,16)(H,17,18). The van der Waals surface area contributed by atoms with Crippen molar-refractivity contribution in [3.05, 3.63) is 12.7 Å². The van der Waals surface area contributed by atoms with Gasteiger partial charge in [0.15, 0.2) is 5.79 Å². The monoisotopic (exact) mass is 288 g/mol. The third-order valence-electron chi connectivity index (χ3n) is 3.47. The van der Waals surface area contributed by atoms with Gasteiger partial charge in [-0.3, -0.25) is 9.59 Å². The van der Waals surface area contributed by atoms with Crippen molar-refractivity contribution >= 4 is 11.9 Å². The lowest BCUT2D eigenvalue weighted by molar-refractivity contribution is -0.217. The first-order valence-electron chi connectivity index (χ1n) is 6.30. The van der Waals surface area contributed by atoms with Crippen molar-refractivity contribution in [2.45, 2.75) is 46.3 Å². The van der Waals surface area contributed by atoms with Crippen molar-refractivity contribution < 1.29 is 30.0 Å². The number of carboxylic acid groups (broad SMARTS) is 2. The third-order valence-corrected chi connectivity index (χ3v) is 3.47. The Morgan fingerprint density at radius 3 is 1.75 bits per heavy atom. The first-order chi connectivity index (χ1) is 8.76. The second-order valence-electron chi connectivity index (χ2n) is 6.48. The van der Waals surface area contributed by atoms with Crippen LogP contribution in [0.5, 0.6) is 0 Å². The Morgan fingerprint density at radius 1 is 1.05 bits per heavy atom. The number of carbonyl (C=O) groups is 2. The second kappa shape index (κ2) is 5.93. The van der Waals surface area contributed by atoms with Gasteiger partial charge in [0.2, 0.25) is 0 Å². The normalized spacial score (nSPS) is 14.7. The highest BCUT2D eigenvalue weighted by molar-refractivity contribution is 5.74. The van der Waals surface area contributed by atoms with E-state index in [1.54, 1.807) is 0 Å². The lowest BCUT2D eigenvalue weighted by Gasteiger charge is -2.37. The molecular formula is C14H24O6. The van der Waals surface area contributed by atoms with E-state index in [1.807, 2.05) is 0 Å². The zero-order chi connectivity index (χ0) is 16.4. The molecule has 0 aromatic rings. The number of hydrogen-bond acceptors (Lipinski definition) is 4. The van der Waals surface area contributed by atoms with Gasteiger partial charge in [0.05, 0.1) is 10.8 Å². The summed E-state index contributed by atoms with van der Waals surface area (Å²) in [5.41, 5.74) is -2.53. The van der Waals surface area contributed by atoms with Gasteiger partial charge in [-0.05, 0) is 34.1 Å². The van der Waals surface area contributed by atoms with Gasteiger partial charge in [-0.25, -0.2) is 0 Å². The first-order valence-corrected chi connectivity index (χ1v) is 6.30. The first kappa shape index (κ1) is 18.6. The number of hydrogen-bond donors (Lipinski definition) is 4. The minimum Gasteiger partial charge on any atom is -0.481 e. The number of rotatable bonds is 8. The molecule has 0 fully saturated rings. The van der Waals surface area contributed by atoms with Crippen molar-refractivity contribution in [1.29, 1.82) is 0 Å². The summed E-state index contributed by atoms with van der Waals surface area (Å²) in [4.78, 5) is 22.2. The summed E-state index contributed by atoms with van der Waals surface area (Å²) >= 11 is 0. The molecule has 6 nitrogen and oxygen atoms in total. The predicted molar refractivity (Wildman–Crippen MR) is 72.9 cm³/mol. The SMILES string of the molecule is C=CC(CC(C)(C)C(=O)O)C(O)(O)CC(C)(C)C(=O)O. The topological polar surface area (TPSA) is 115 Å². The fraction of sp³-hybridized carbons (Fsp3) is 0.714. The third kappa shape index (κ3) is 4.61. The molecule has 0 spiro atoms. The Hall–Kier alpha value is -1.40. The summed E-state index contributed by atoms with van der Waals surface area (Å²) in [5, 5.41) is 38.4. The molecule has 1 unspecified atom stereocenters. The zero-order valence-corrected chi connectivity index (χ0v) is 12.4. The highest BCUT2D eigenvalue weighted by Gasteiger charge is 2.44. The van der Waals surface area contributed by atoms with E-state index in [2.05, 4.69) is 6.58 Å². The highest BCUT2D eigenvalue weighted by atomic mass is 16.5. The quantitative estimate of drug-likeness (QED) is 0.397. The van der Waals surface area contributed by atoms with Crippen molar-refractivity contribution in [2.75, 3.05) is 0 Å². The van der Waals surface area contributed by atoms with Gasteiger partial charge in [-0.2, -0.15) is 0 Å². The average Bonchev–Trinajstić information content (AvgIpc) is 2.23. The van der Waals surface area contributed by atoms with Crippen LogP contribution in [0, 0.1) is 16.7 Å². The van der Waals surface area contributed by atoms with Crippen LogP contribution in [-0.2, 0) is 9.59 Å². The van der Waals surface area contributed by atoms with Crippen molar-refractivity contribution in [1.82, 2.24) is 0 Å². The van der Waals surface area contributed by atoms with Crippen LogP contribution in [0.2, 0.25) is 0 Å². The van der Waals surface area contributed by atoms with Crippen LogP contribution in [0.4, 0.5) is 0 Å². The summed E-state index contributed by atoms with van der Waals surface area (Å²) in [5.74, 6) is -5.52.